The minimum absolute atomic E-state index is 0.161. The highest BCUT2D eigenvalue weighted by Gasteiger charge is 2.67. The second kappa shape index (κ2) is 4.56. The van der Waals surface area contributed by atoms with Gasteiger partial charge in [-0.25, -0.2) is 9.69 Å². The van der Waals surface area contributed by atoms with Gasteiger partial charge in [0.05, 0.1) is 30.2 Å². The molecule has 2 amide bonds. The molecule has 3 fully saturated rings. The first kappa shape index (κ1) is 14.0. The van der Waals surface area contributed by atoms with E-state index in [2.05, 4.69) is 12.2 Å². The van der Waals surface area contributed by atoms with Gasteiger partial charge in [0.1, 0.15) is 0 Å². The predicted octanol–water partition coefficient (Wildman–Crippen LogP) is 2.03. The van der Waals surface area contributed by atoms with Gasteiger partial charge in [-0.05, 0) is 42.2 Å². The summed E-state index contributed by atoms with van der Waals surface area (Å²) in [5.74, 6) is 0.0992. The highest BCUT2D eigenvalue weighted by Crippen LogP contribution is 2.65. The number of methoxy groups -OCH3 is 1. The minimum atomic E-state index is -0.537. The summed E-state index contributed by atoms with van der Waals surface area (Å²) in [5, 5.41) is 0. The van der Waals surface area contributed by atoms with Gasteiger partial charge in [-0.15, -0.1) is 0 Å². The first-order chi connectivity index (χ1) is 11.6. The van der Waals surface area contributed by atoms with E-state index in [1.54, 1.807) is 24.3 Å². The smallest absolute Gasteiger partial charge is 0.339 e. The number of hydrogen-bond donors (Lipinski definition) is 0. The third-order valence-corrected chi connectivity index (χ3v) is 6.21. The van der Waals surface area contributed by atoms with Crippen LogP contribution in [0.2, 0.25) is 0 Å². The molecule has 6 rings (SSSR count). The summed E-state index contributed by atoms with van der Waals surface area (Å²) in [7, 11) is 1.30. The topological polar surface area (TPSA) is 63.7 Å². The molecule has 6 atom stereocenters. The number of esters is 1. The molecule has 1 heterocycles. The molecule has 0 radical (unpaired) electrons. The number of allylic oxidation sites excluding steroid dienone is 2. The first-order valence-corrected chi connectivity index (χ1v) is 8.37. The van der Waals surface area contributed by atoms with E-state index in [4.69, 9.17) is 4.74 Å². The molecule has 0 unspecified atom stereocenters. The lowest BCUT2D eigenvalue weighted by Crippen LogP contribution is -2.40. The number of nitrogens with zero attached hydrogens (tertiary/aromatic N) is 1. The van der Waals surface area contributed by atoms with E-state index in [1.165, 1.54) is 12.0 Å². The van der Waals surface area contributed by atoms with Crippen molar-refractivity contribution in [3.63, 3.8) is 0 Å². The van der Waals surface area contributed by atoms with E-state index in [-0.39, 0.29) is 41.0 Å². The molecule has 5 heteroatoms. The van der Waals surface area contributed by atoms with Gasteiger partial charge in [-0.2, -0.15) is 0 Å². The fourth-order valence-corrected chi connectivity index (χ4v) is 5.15. The Morgan fingerprint density at radius 3 is 2.21 bits per heavy atom. The zero-order valence-corrected chi connectivity index (χ0v) is 13.2. The zero-order valence-electron chi connectivity index (χ0n) is 13.2. The van der Waals surface area contributed by atoms with Crippen LogP contribution < -0.4 is 4.90 Å². The number of amides is 2. The molecule has 2 bridgehead atoms. The molecule has 24 heavy (non-hydrogen) atoms. The highest BCUT2D eigenvalue weighted by atomic mass is 16.5. The number of para-hydroxylation sites is 1. The van der Waals surface area contributed by atoms with Crippen LogP contribution >= 0.6 is 0 Å². The van der Waals surface area contributed by atoms with Crippen molar-refractivity contribution in [3.05, 3.63) is 42.0 Å². The molecule has 0 spiro atoms. The van der Waals surface area contributed by atoms with Crippen LogP contribution in [0.3, 0.4) is 0 Å². The Labute approximate surface area is 139 Å². The third-order valence-electron chi connectivity index (χ3n) is 6.21. The second-order valence-electron chi connectivity index (χ2n) is 7.18. The Balaban J connectivity index is 1.59. The van der Waals surface area contributed by atoms with Crippen molar-refractivity contribution < 1.29 is 19.1 Å². The minimum Gasteiger partial charge on any atom is -0.465 e. The molecular weight excluding hydrogens is 306 g/mol. The fourth-order valence-electron chi connectivity index (χ4n) is 5.15. The standard InChI is InChI=1S/C19H17NO4/c1-24-19(23)11-4-2-3-5-14(11)20-17(21)15-9-6-7-10(13-8-12(9)13)16(15)18(20)22/h2-7,9-10,12-13,15-16H,8H2,1H3/t9-,10-,12-,13+,15+,16+/m1/s1. The summed E-state index contributed by atoms with van der Waals surface area (Å²) in [6.45, 7) is 0. The van der Waals surface area contributed by atoms with Gasteiger partial charge in [0.25, 0.3) is 0 Å². The van der Waals surface area contributed by atoms with Gasteiger partial charge in [0.2, 0.25) is 11.8 Å². The van der Waals surface area contributed by atoms with E-state index in [9.17, 15) is 14.4 Å². The molecule has 1 aliphatic heterocycles. The van der Waals surface area contributed by atoms with Crippen LogP contribution in [0, 0.1) is 35.5 Å². The Bertz CT molecular complexity index is 777. The van der Waals surface area contributed by atoms with Gasteiger partial charge < -0.3 is 4.74 Å². The monoisotopic (exact) mass is 323 g/mol. The van der Waals surface area contributed by atoms with Crippen LogP contribution in [0.5, 0.6) is 0 Å². The number of rotatable bonds is 2. The van der Waals surface area contributed by atoms with Gasteiger partial charge in [0, 0.05) is 0 Å². The van der Waals surface area contributed by atoms with E-state index in [1.807, 2.05) is 0 Å². The van der Waals surface area contributed by atoms with Crippen molar-refractivity contribution in [2.24, 2.45) is 35.5 Å². The molecule has 122 valence electrons. The molecule has 2 saturated carbocycles. The molecule has 5 nitrogen and oxygen atoms in total. The normalized spacial score (nSPS) is 38.1. The average molecular weight is 323 g/mol. The lowest BCUT2D eigenvalue weighted by molar-refractivity contribution is -0.124. The Morgan fingerprint density at radius 1 is 1.04 bits per heavy atom. The molecule has 1 saturated heterocycles. The zero-order chi connectivity index (χ0) is 16.6. The second-order valence-corrected chi connectivity index (χ2v) is 7.18. The Hall–Kier alpha value is -2.43. The van der Waals surface area contributed by atoms with Gasteiger partial charge >= 0.3 is 5.97 Å². The van der Waals surface area contributed by atoms with Crippen molar-refractivity contribution >= 4 is 23.5 Å². The molecule has 0 N–H and O–H groups in total. The number of imide groups is 1. The summed E-state index contributed by atoms with van der Waals surface area (Å²) >= 11 is 0. The summed E-state index contributed by atoms with van der Waals surface area (Å²) in [4.78, 5) is 39.4. The number of carbonyl (C=O) groups is 3. The number of anilines is 1. The van der Waals surface area contributed by atoms with Gasteiger partial charge in [0.15, 0.2) is 0 Å². The van der Waals surface area contributed by atoms with Crippen LogP contribution in [0.15, 0.2) is 36.4 Å². The van der Waals surface area contributed by atoms with Crippen LogP contribution in [0.1, 0.15) is 16.8 Å². The van der Waals surface area contributed by atoms with Crippen molar-refractivity contribution in [1.29, 1.82) is 0 Å². The average Bonchev–Trinajstić information content (AvgIpc) is 3.39. The molecule has 1 aromatic rings. The van der Waals surface area contributed by atoms with Crippen molar-refractivity contribution in [2.75, 3.05) is 12.0 Å². The van der Waals surface area contributed by atoms with E-state index in [0.29, 0.717) is 17.5 Å². The van der Waals surface area contributed by atoms with Crippen LogP contribution in [-0.4, -0.2) is 24.9 Å². The summed E-state index contributed by atoms with van der Waals surface area (Å²) in [5.41, 5.74) is 0.604. The van der Waals surface area contributed by atoms with Gasteiger partial charge in [-0.3, -0.25) is 9.59 Å². The summed E-state index contributed by atoms with van der Waals surface area (Å²) < 4.78 is 4.80. The van der Waals surface area contributed by atoms with E-state index in [0.717, 1.165) is 6.42 Å². The Morgan fingerprint density at radius 2 is 1.62 bits per heavy atom. The van der Waals surface area contributed by atoms with Crippen LogP contribution in [-0.2, 0) is 14.3 Å². The number of hydrogen-bond acceptors (Lipinski definition) is 4. The number of carbonyl (C=O) groups excluding carboxylic acids is 3. The van der Waals surface area contributed by atoms with Crippen LogP contribution in [0.4, 0.5) is 5.69 Å². The summed E-state index contributed by atoms with van der Waals surface area (Å²) in [6, 6.07) is 6.67. The SMILES string of the molecule is COC(=O)c1ccccc1N1C(=O)[C@H]2[C@@H]3C=C[C@H]([C@@H]4C[C@H]34)[C@@H]2C1=O. The van der Waals surface area contributed by atoms with Gasteiger partial charge in [-0.1, -0.05) is 24.3 Å². The van der Waals surface area contributed by atoms with Crippen molar-refractivity contribution in [3.8, 4) is 0 Å². The van der Waals surface area contributed by atoms with Crippen LogP contribution in [0.25, 0.3) is 0 Å². The maximum Gasteiger partial charge on any atom is 0.339 e. The van der Waals surface area contributed by atoms with E-state index >= 15 is 0 Å². The van der Waals surface area contributed by atoms with E-state index < -0.39 is 5.97 Å². The largest absolute Gasteiger partial charge is 0.465 e. The maximum atomic E-state index is 13.1. The maximum absolute atomic E-state index is 13.1. The lowest BCUT2D eigenvalue weighted by Gasteiger charge is -2.37. The van der Waals surface area contributed by atoms with Crippen molar-refractivity contribution in [2.45, 2.75) is 6.42 Å². The number of ether oxygens (including phenoxy) is 1. The molecule has 4 aliphatic carbocycles. The molecule has 1 aromatic carbocycles. The fraction of sp³-hybridized carbons (Fsp3) is 0.421. The highest BCUT2D eigenvalue weighted by molar-refractivity contribution is 6.24. The summed E-state index contributed by atoms with van der Waals surface area (Å²) in [6.07, 6.45) is 5.41. The molecule has 0 aromatic heterocycles. The number of benzene rings is 1. The quantitative estimate of drug-likeness (QED) is 0.475. The molecular formula is C19H17NO4. The molecule has 5 aliphatic rings. The predicted molar refractivity (Wildman–Crippen MR) is 85.0 cm³/mol. The first-order valence-electron chi connectivity index (χ1n) is 8.37. The third kappa shape index (κ3) is 1.57. The lowest BCUT2D eigenvalue weighted by atomic mass is 9.63. The Kier molecular flexibility index (Phi) is 2.65. The van der Waals surface area contributed by atoms with Crippen molar-refractivity contribution in [1.82, 2.24) is 0 Å².